The SMILES string of the molecule is CC(C)CN(Cc1ccc(Cl)c(Cl)c1)C1CCNCC1. The maximum Gasteiger partial charge on any atom is 0.0595 e. The number of rotatable bonds is 5. The zero-order valence-corrected chi connectivity index (χ0v) is 13.8. The zero-order chi connectivity index (χ0) is 14.5. The molecule has 1 saturated heterocycles. The predicted octanol–water partition coefficient (Wildman–Crippen LogP) is 4.20. The summed E-state index contributed by atoms with van der Waals surface area (Å²) in [5, 5.41) is 4.72. The van der Waals surface area contributed by atoms with Gasteiger partial charge in [0.2, 0.25) is 0 Å². The fourth-order valence-corrected chi connectivity index (χ4v) is 3.18. The Labute approximate surface area is 132 Å². The first-order chi connectivity index (χ1) is 9.56. The van der Waals surface area contributed by atoms with Gasteiger partial charge >= 0.3 is 0 Å². The summed E-state index contributed by atoms with van der Waals surface area (Å²) in [6.07, 6.45) is 2.46. The summed E-state index contributed by atoms with van der Waals surface area (Å²) in [7, 11) is 0. The van der Waals surface area contributed by atoms with Crippen molar-refractivity contribution in [2.24, 2.45) is 5.92 Å². The monoisotopic (exact) mass is 314 g/mol. The van der Waals surface area contributed by atoms with Crippen molar-refractivity contribution in [3.05, 3.63) is 33.8 Å². The molecule has 1 aliphatic heterocycles. The third-order valence-electron chi connectivity index (χ3n) is 3.79. The first-order valence-corrected chi connectivity index (χ1v) is 8.20. The molecular weight excluding hydrogens is 291 g/mol. The molecule has 0 amide bonds. The number of hydrogen-bond donors (Lipinski definition) is 1. The van der Waals surface area contributed by atoms with Crippen molar-refractivity contribution in [2.75, 3.05) is 19.6 Å². The standard InChI is InChI=1S/C16H24Cl2N2/c1-12(2)10-20(14-5-7-19-8-6-14)11-13-3-4-15(17)16(18)9-13/h3-4,9,12,14,19H,5-8,10-11H2,1-2H3. The lowest BCUT2D eigenvalue weighted by Crippen LogP contribution is -2.44. The van der Waals surface area contributed by atoms with Crippen LogP contribution in [0.2, 0.25) is 10.0 Å². The van der Waals surface area contributed by atoms with E-state index in [1.165, 1.54) is 18.4 Å². The minimum absolute atomic E-state index is 0.632. The summed E-state index contributed by atoms with van der Waals surface area (Å²) in [6, 6.07) is 6.66. The van der Waals surface area contributed by atoms with E-state index >= 15 is 0 Å². The quantitative estimate of drug-likeness (QED) is 0.876. The number of halogens is 2. The van der Waals surface area contributed by atoms with Gasteiger partial charge in [0.05, 0.1) is 10.0 Å². The molecule has 112 valence electrons. The lowest BCUT2D eigenvalue weighted by molar-refractivity contribution is 0.137. The summed E-state index contributed by atoms with van der Waals surface area (Å²) in [5.74, 6) is 0.674. The maximum atomic E-state index is 6.13. The van der Waals surface area contributed by atoms with Crippen molar-refractivity contribution in [3.63, 3.8) is 0 Å². The van der Waals surface area contributed by atoms with Gasteiger partial charge in [-0.1, -0.05) is 43.1 Å². The van der Waals surface area contributed by atoms with Crippen molar-refractivity contribution < 1.29 is 0 Å². The average Bonchev–Trinajstić information content (AvgIpc) is 2.43. The van der Waals surface area contributed by atoms with Crippen LogP contribution in [0, 0.1) is 5.92 Å². The molecule has 20 heavy (non-hydrogen) atoms. The summed E-state index contributed by atoms with van der Waals surface area (Å²) in [5.41, 5.74) is 1.25. The highest BCUT2D eigenvalue weighted by molar-refractivity contribution is 6.42. The fraction of sp³-hybridized carbons (Fsp3) is 0.625. The van der Waals surface area contributed by atoms with E-state index in [0.29, 0.717) is 22.0 Å². The molecule has 0 spiro atoms. The molecule has 1 fully saturated rings. The molecule has 1 heterocycles. The van der Waals surface area contributed by atoms with Crippen LogP contribution in [0.1, 0.15) is 32.3 Å². The Balaban J connectivity index is 2.07. The van der Waals surface area contributed by atoms with Gasteiger partial charge in [-0.2, -0.15) is 0 Å². The molecule has 2 nitrogen and oxygen atoms in total. The molecule has 0 saturated carbocycles. The lowest BCUT2D eigenvalue weighted by Gasteiger charge is -2.36. The smallest absolute Gasteiger partial charge is 0.0595 e. The molecule has 1 aliphatic rings. The Morgan fingerprint density at radius 1 is 1.20 bits per heavy atom. The highest BCUT2D eigenvalue weighted by atomic mass is 35.5. The second-order valence-corrected chi connectivity index (χ2v) is 6.87. The number of nitrogens with one attached hydrogen (secondary N) is 1. The third-order valence-corrected chi connectivity index (χ3v) is 4.53. The van der Waals surface area contributed by atoms with E-state index in [-0.39, 0.29) is 0 Å². The number of nitrogens with zero attached hydrogens (tertiary/aromatic N) is 1. The van der Waals surface area contributed by atoms with Gasteiger partial charge < -0.3 is 5.32 Å². The van der Waals surface area contributed by atoms with Crippen molar-refractivity contribution in [3.8, 4) is 0 Å². The van der Waals surface area contributed by atoms with Crippen molar-refractivity contribution in [2.45, 2.75) is 39.3 Å². The van der Waals surface area contributed by atoms with Crippen molar-refractivity contribution >= 4 is 23.2 Å². The van der Waals surface area contributed by atoms with E-state index in [4.69, 9.17) is 23.2 Å². The molecule has 1 aromatic rings. The first-order valence-electron chi connectivity index (χ1n) is 7.45. The van der Waals surface area contributed by atoms with Crippen LogP contribution in [0.4, 0.5) is 0 Å². The average molecular weight is 315 g/mol. The summed E-state index contributed by atoms with van der Waals surface area (Å²) in [4.78, 5) is 2.60. The number of piperidine rings is 1. The third kappa shape index (κ3) is 4.63. The Bertz CT molecular complexity index is 428. The Morgan fingerprint density at radius 2 is 1.90 bits per heavy atom. The van der Waals surface area contributed by atoms with E-state index in [9.17, 15) is 0 Å². The van der Waals surface area contributed by atoms with Crippen LogP contribution in [-0.2, 0) is 6.54 Å². The Hall–Kier alpha value is -0.280. The normalized spacial score (nSPS) is 17.1. The van der Waals surface area contributed by atoms with E-state index in [0.717, 1.165) is 26.2 Å². The molecule has 0 unspecified atom stereocenters. The zero-order valence-electron chi connectivity index (χ0n) is 12.3. The second kappa shape index (κ2) is 7.65. The van der Waals surface area contributed by atoms with Gasteiger partial charge in [-0.25, -0.2) is 0 Å². The first kappa shape index (κ1) is 16.1. The van der Waals surface area contributed by atoms with Crippen molar-refractivity contribution in [1.29, 1.82) is 0 Å². The molecular formula is C16H24Cl2N2. The van der Waals surface area contributed by atoms with E-state index in [1.807, 2.05) is 12.1 Å². The Kier molecular flexibility index (Phi) is 6.16. The van der Waals surface area contributed by atoms with Crippen LogP contribution in [0.15, 0.2) is 18.2 Å². The summed E-state index contributed by atoms with van der Waals surface area (Å²) >= 11 is 12.1. The van der Waals surface area contributed by atoms with Crippen LogP contribution in [-0.4, -0.2) is 30.6 Å². The summed E-state index contributed by atoms with van der Waals surface area (Å²) < 4.78 is 0. The molecule has 0 aliphatic carbocycles. The van der Waals surface area contributed by atoms with Crippen LogP contribution < -0.4 is 5.32 Å². The van der Waals surface area contributed by atoms with Gasteiger partial charge in [-0.3, -0.25) is 4.90 Å². The summed E-state index contributed by atoms with van der Waals surface area (Å²) in [6.45, 7) is 8.90. The molecule has 0 radical (unpaired) electrons. The highest BCUT2D eigenvalue weighted by Crippen LogP contribution is 2.24. The van der Waals surface area contributed by atoms with E-state index < -0.39 is 0 Å². The van der Waals surface area contributed by atoms with E-state index in [1.54, 1.807) is 0 Å². The van der Waals surface area contributed by atoms with Crippen LogP contribution in [0.3, 0.4) is 0 Å². The van der Waals surface area contributed by atoms with Gasteiger partial charge in [0.1, 0.15) is 0 Å². The van der Waals surface area contributed by atoms with Gasteiger partial charge in [0, 0.05) is 19.1 Å². The second-order valence-electron chi connectivity index (χ2n) is 6.05. The molecule has 0 atom stereocenters. The Morgan fingerprint density at radius 3 is 2.50 bits per heavy atom. The maximum absolute atomic E-state index is 6.13. The molecule has 1 N–H and O–H groups in total. The topological polar surface area (TPSA) is 15.3 Å². The molecule has 0 aromatic heterocycles. The van der Waals surface area contributed by atoms with Crippen LogP contribution >= 0.6 is 23.2 Å². The van der Waals surface area contributed by atoms with Crippen LogP contribution in [0.25, 0.3) is 0 Å². The molecule has 0 bridgehead atoms. The van der Waals surface area contributed by atoms with Gasteiger partial charge in [-0.15, -0.1) is 0 Å². The van der Waals surface area contributed by atoms with Crippen molar-refractivity contribution in [1.82, 2.24) is 10.2 Å². The minimum Gasteiger partial charge on any atom is -0.317 e. The minimum atomic E-state index is 0.632. The highest BCUT2D eigenvalue weighted by Gasteiger charge is 2.21. The molecule has 2 rings (SSSR count). The van der Waals surface area contributed by atoms with Crippen LogP contribution in [0.5, 0.6) is 0 Å². The fourth-order valence-electron chi connectivity index (χ4n) is 2.86. The largest absolute Gasteiger partial charge is 0.317 e. The number of hydrogen-bond acceptors (Lipinski definition) is 2. The predicted molar refractivity (Wildman–Crippen MR) is 87.6 cm³/mol. The van der Waals surface area contributed by atoms with Gasteiger partial charge in [0.25, 0.3) is 0 Å². The molecule has 4 heteroatoms. The van der Waals surface area contributed by atoms with Gasteiger partial charge in [0.15, 0.2) is 0 Å². The lowest BCUT2D eigenvalue weighted by atomic mass is 10.0. The number of benzene rings is 1. The molecule has 1 aromatic carbocycles. The van der Waals surface area contributed by atoms with E-state index in [2.05, 4.69) is 30.1 Å². The van der Waals surface area contributed by atoms with Gasteiger partial charge in [-0.05, 0) is 49.5 Å².